The molecule has 1 atom stereocenters. The topological polar surface area (TPSA) is 113 Å². The van der Waals surface area contributed by atoms with Gasteiger partial charge in [0.25, 0.3) is 5.91 Å². The molecule has 1 aromatic rings. The van der Waals surface area contributed by atoms with Gasteiger partial charge in [0.15, 0.2) is 6.10 Å². The monoisotopic (exact) mass is 302 g/mol. The van der Waals surface area contributed by atoms with Gasteiger partial charge in [0, 0.05) is 10.2 Å². The molecule has 17 heavy (non-hydrogen) atoms. The number of anilines is 1. The molecule has 1 unspecified atom stereocenters. The van der Waals surface area contributed by atoms with Crippen LogP contribution in [0.1, 0.15) is 10.4 Å². The molecule has 0 aliphatic carbocycles. The van der Waals surface area contributed by atoms with Crippen LogP contribution in [0.15, 0.2) is 22.7 Å². The van der Waals surface area contributed by atoms with Gasteiger partial charge >= 0.3 is 5.97 Å². The maximum atomic E-state index is 11.6. The van der Waals surface area contributed by atoms with Gasteiger partial charge in [-0.05, 0) is 34.1 Å². The Labute approximate surface area is 106 Å². The Bertz CT molecular complexity index is 450. The van der Waals surface area contributed by atoms with Gasteiger partial charge in [-0.25, -0.2) is 4.79 Å². The minimum absolute atomic E-state index is 0.280. The SMILES string of the molecule is Nc1ccc(Br)c(C(=O)NCC(O)C(=O)O)c1. The first-order valence-electron chi connectivity index (χ1n) is 4.66. The van der Waals surface area contributed by atoms with Gasteiger partial charge in [0.05, 0.1) is 12.1 Å². The number of nitrogens with one attached hydrogen (secondary N) is 1. The zero-order valence-electron chi connectivity index (χ0n) is 8.68. The number of nitrogens with two attached hydrogens (primary N) is 1. The Morgan fingerprint density at radius 1 is 1.47 bits per heavy atom. The average Bonchev–Trinajstić information content (AvgIpc) is 2.28. The molecule has 0 heterocycles. The number of aliphatic hydroxyl groups is 1. The highest BCUT2D eigenvalue weighted by atomic mass is 79.9. The fraction of sp³-hybridized carbons (Fsp3) is 0.200. The van der Waals surface area contributed by atoms with Crippen molar-refractivity contribution in [2.24, 2.45) is 0 Å². The molecule has 0 saturated heterocycles. The number of amides is 1. The number of carbonyl (C=O) groups excluding carboxylic acids is 1. The largest absolute Gasteiger partial charge is 0.479 e. The maximum absolute atomic E-state index is 11.6. The van der Waals surface area contributed by atoms with Crippen molar-refractivity contribution in [3.8, 4) is 0 Å². The van der Waals surface area contributed by atoms with Crippen molar-refractivity contribution in [1.82, 2.24) is 5.32 Å². The van der Waals surface area contributed by atoms with Crippen LogP contribution in [0, 0.1) is 0 Å². The molecule has 1 rings (SSSR count). The molecule has 1 aromatic carbocycles. The molecule has 0 saturated carbocycles. The molecule has 7 heteroatoms. The van der Waals surface area contributed by atoms with E-state index in [-0.39, 0.29) is 12.1 Å². The third kappa shape index (κ3) is 3.72. The molecule has 0 aliphatic rings. The lowest BCUT2D eigenvalue weighted by Crippen LogP contribution is -2.36. The van der Waals surface area contributed by atoms with Gasteiger partial charge in [0.2, 0.25) is 0 Å². The Morgan fingerprint density at radius 2 is 2.12 bits per heavy atom. The van der Waals surface area contributed by atoms with E-state index in [0.29, 0.717) is 10.2 Å². The smallest absolute Gasteiger partial charge is 0.334 e. The van der Waals surface area contributed by atoms with E-state index in [9.17, 15) is 9.59 Å². The molecule has 0 bridgehead atoms. The molecule has 0 spiro atoms. The number of benzene rings is 1. The van der Waals surface area contributed by atoms with Crippen LogP contribution in [0.25, 0.3) is 0 Å². The lowest BCUT2D eigenvalue weighted by molar-refractivity contribution is -0.146. The fourth-order valence-electron chi connectivity index (χ4n) is 1.09. The summed E-state index contributed by atoms with van der Waals surface area (Å²) in [5, 5.41) is 19.7. The summed E-state index contributed by atoms with van der Waals surface area (Å²) in [4.78, 5) is 22.0. The first-order chi connectivity index (χ1) is 7.91. The van der Waals surface area contributed by atoms with E-state index in [0.717, 1.165) is 0 Å². The first-order valence-corrected chi connectivity index (χ1v) is 5.45. The number of rotatable bonds is 4. The molecule has 5 N–H and O–H groups in total. The highest BCUT2D eigenvalue weighted by Gasteiger charge is 2.16. The van der Waals surface area contributed by atoms with Gasteiger partial charge in [-0.2, -0.15) is 0 Å². The Hall–Kier alpha value is -1.60. The van der Waals surface area contributed by atoms with Crippen molar-refractivity contribution >= 4 is 33.5 Å². The number of halogens is 1. The zero-order chi connectivity index (χ0) is 13.0. The van der Waals surface area contributed by atoms with Crippen molar-refractivity contribution in [2.75, 3.05) is 12.3 Å². The Kier molecular flexibility index (Phi) is 4.47. The van der Waals surface area contributed by atoms with E-state index < -0.39 is 18.0 Å². The van der Waals surface area contributed by atoms with Crippen LogP contribution >= 0.6 is 15.9 Å². The zero-order valence-corrected chi connectivity index (χ0v) is 10.3. The maximum Gasteiger partial charge on any atom is 0.334 e. The molecular weight excluding hydrogens is 292 g/mol. The minimum Gasteiger partial charge on any atom is -0.479 e. The summed E-state index contributed by atoms with van der Waals surface area (Å²) in [5.74, 6) is -1.90. The van der Waals surface area contributed by atoms with Crippen LogP contribution in [0.5, 0.6) is 0 Å². The van der Waals surface area contributed by atoms with Crippen molar-refractivity contribution in [2.45, 2.75) is 6.10 Å². The number of carboxylic acid groups (broad SMARTS) is 1. The number of carbonyl (C=O) groups is 2. The van der Waals surface area contributed by atoms with Gasteiger partial charge in [0.1, 0.15) is 0 Å². The van der Waals surface area contributed by atoms with Gasteiger partial charge in [-0.3, -0.25) is 4.79 Å². The van der Waals surface area contributed by atoms with Gasteiger partial charge in [-0.15, -0.1) is 0 Å². The van der Waals surface area contributed by atoms with Crippen molar-refractivity contribution in [1.29, 1.82) is 0 Å². The van der Waals surface area contributed by atoms with Crippen LogP contribution in [-0.2, 0) is 4.79 Å². The average molecular weight is 303 g/mol. The normalized spacial score (nSPS) is 11.9. The number of carboxylic acids is 1. The highest BCUT2D eigenvalue weighted by Crippen LogP contribution is 2.19. The summed E-state index contributed by atoms with van der Waals surface area (Å²) in [6.07, 6.45) is -1.63. The van der Waals surface area contributed by atoms with Crippen molar-refractivity contribution in [3.63, 3.8) is 0 Å². The van der Waals surface area contributed by atoms with Crippen LogP contribution in [-0.4, -0.2) is 34.7 Å². The third-order valence-corrected chi connectivity index (χ3v) is 2.67. The quantitative estimate of drug-likeness (QED) is 0.594. The first kappa shape index (κ1) is 13.5. The fourth-order valence-corrected chi connectivity index (χ4v) is 1.52. The van der Waals surface area contributed by atoms with Crippen LogP contribution in [0.2, 0.25) is 0 Å². The molecule has 0 aromatic heterocycles. The van der Waals surface area contributed by atoms with Gasteiger partial charge < -0.3 is 21.3 Å². The van der Waals surface area contributed by atoms with E-state index in [2.05, 4.69) is 21.2 Å². The standard InChI is InChI=1S/C10H11BrN2O4/c11-7-2-1-5(12)3-6(7)9(15)13-4-8(14)10(16)17/h1-3,8,14H,4,12H2,(H,13,15)(H,16,17). The summed E-state index contributed by atoms with van der Waals surface area (Å²) >= 11 is 3.17. The lowest BCUT2D eigenvalue weighted by Gasteiger charge is -2.09. The molecular formula is C10H11BrN2O4. The second-order valence-corrected chi connectivity index (χ2v) is 4.16. The van der Waals surface area contributed by atoms with E-state index >= 15 is 0 Å². The molecule has 0 fully saturated rings. The summed E-state index contributed by atoms with van der Waals surface area (Å²) in [6, 6.07) is 4.68. The number of aliphatic hydroxyl groups excluding tert-OH is 1. The van der Waals surface area contributed by atoms with Gasteiger partial charge in [-0.1, -0.05) is 0 Å². The summed E-state index contributed by atoms with van der Waals surface area (Å²) in [6.45, 7) is -0.366. The van der Waals surface area contributed by atoms with E-state index in [4.69, 9.17) is 15.9 Å². The predicted octanol–water partition coefficient (Wildman–Crippen LogP) is 0.207. The summed E-state index contributed by atoms with van der Waals surface area (Å²) in [7, 11) is 0. The number of nitrogen functional groups attached to an aromatic ring is 1. The predicted molar refractivity (Wildman–Crippen MR) is 64.5 cm³/mol. The molecule has 6 nitrogen and oxygen atoms in total. The van der Waals surface area contributed by atoms with E-state index in [1.54, 1.807) is 12.1 Å². The molecule has 0 radical (unpaired) electrons. The lowest BCUT2D eigenvalue weighted by atomic mass is 10.2. The third-order valence-electron chi connectivity index (χ3n) is 1.98. The van der Waals surface area contributed by atoms with Crippen LogP contribution in [0.4, 0.5) is 5.69 Å². The molecule has 0 aliphatic heterocycles. The minimum atomic E-state index is -1.63. The Balaban J connectivity index is 2.70. The second kappa shape index (κ2) is 5.65. The summed E-state index contributed by atoms with van der Waals surface area (Å²) in [5.41, 5.74) is 6.22. The summed E-state index contributed by atoms with van der Waals surface area (Å²) < 4.78 is 0.536. The molecule has 92 valence electrons. The van der Waals surface area contributed by atoms with Crippen molar-refractivity contribution < 1.29 is 19.8 Å². The molecule has 1 amide bonds. The highest BCUT2D eigenvalue weighted by molar-refractivity contribution is 9.10. The van der Waals surface area contributed by atoms with Crippen molar-refractivity contribution in [3.05, 3.63) is 28.2 Å². The van der Waals surface area contributed by atoms with E-state index in [1.165, 1.54) is 6.07 Å². The number of hydrogen-bond acceptors (Lipinski definition) is 4. The van der Waals surface area contributed by atoms with Crippen LogP contribution in [0.3, 0.4) is 0 Å². The number of aliphatic carboxylic acids is 1. The Morgan fingerprint density at radius 3 is 2.71 bits per heavy atom. The second-order valence-electron chi connectivity index (χ2n) is 3.30. The van der Waals surface area contributed by atoms with E-state index in [1.807, 2.05) is 0 Å². The number of hydrogen-bond donors (Lipinski definition) is 4. The van der Waals surface area contributed by atoms with Crippen LogP contribution < -0.4 is 11.1 Å².